The van der Waals surface area contributed by atoms with Crippen molar-refractivity contribution in [2.75, 3.05) is 46.3 Å². The van der Waals surface area contributed by atoms with E-state index in [0.29, 0.717) is 24.2 Å². The minimum atomic E-state index is -0.0210. The SMILES string of the molecule is CN1CCN(C(=O)CC2CCNCC2Cc2cc(C(C)(C)C)on2)CC1. The quantitative estimate of drug-likeness (QED) is 0.886. The summed E-state index contributed by atoms with van der Waals surface area (Å²) in [4.78, 5) is 17.1. The van der Waals surface area contributed by atoms with Crippen LogP contribution in [0.4, 0.5) is 0 Å². The summed E-state index contributed by atoms with van der Waals surface area (Å²) in [5.41, 5.74) is 0.994. The predicted octanol–water partition coefficient (Wildman–Crippen LogP) is 1.90. The van der Waals surface area contributed by atoms with Gasteiger partial charge in [-0.2, -0.15) is 0 Å². The first-order valence-corrected chi connectivity index (χ1v) is 9.96. The molecule has 3 heterocycles. The fraction of sp³-hybridized carbons (Fsp3) is 0.800. The minimum Gasteiger partial charge on any atom is -0.361 e. The van der Waals surface area contributed by atoms with Gasteiger partial charge in [-0.25, -0.2) is 0 Å². The molecule has 1 aromatic heterocycles. The molecule has 0 spiro atoms. The van der Waals surface area contributed by atoms with Crippen molar-refractivity contribution in [1.29, 1.82) is 0 Å². The van der Waals surface area contributed by atoms with Crippen LogP contribution in [0.15, 0.2) is 10.6 Å². The Labute approximate surface area is 157 Å². The van der Waals surface area contributed by atoms with Crippen molar-refractivity contribution in [2.45, 2.75) is 45.4 Å². The molecule has 0 bridgehead atoms. The van der Waals surface area contributed by atoms with Gasteiger partial charge in [0.05, 0.1) is 5.69 Å². The molecule has 0 saturated carbocycles. The summed E-state index contributed by atoms with van der Waals surface area (Å²) in [6.45, 7) is 12.1. The number of rotatable bonds is 4. The largest absolute Gasteiger partial charge is 0.361 e. The van der Waals surface area contributed by atoms with Crippen molar-refractivity contribution in [3.05, 3.63) is 17.5 Å². The molecule has 0 aromatic carbocycles. The third kappa shape index (κ3) is 4.86. The van der Waals surface area contributed by atoms with Gasteiger partial charge < -0.3 is 19.6 Å². The summed E-state index contributed by atoms with van der Waals surface area (Å²) in [6, 6.07) is 2.09. The predicted molar refractivity (Wildman–Crippen MR) is 102 cm³/mol. The molecule has 2 aliphatic rings. The zero-order valence-electron chi connectivity index (χ0n) is 16.8. The lowest BCUT2D eigenvalue weighted by Crippen LogP contribution is -2.48. The van der Waals surface area contributed by atoms with E-state index in [1.807, 2.05) is 4.90 Å². The molecular formula is C20H34N4O2. The standard InChI is InChI=1S/C20H34N4O2/c1-20(2,3)18-13-17(22-26-18)11-16-14-21-6-5-15(16)12-19(25)24-9-7-23(4)8-10-24/h13,15-16,21H,5-12,14H2,1-4H3. The smallest absolute Gasteiger partial charge is 0.222 e. The first-order valence-electron chi connectivity index (χ1n) is 9.96. The normalized spacial score (nSPS) is 25.5. The lowest BCUT2D eigenvalue weighted by molar-refractivity contribution is -0.134. The van der Waals surface area contributed by atoms with E-state index in [-0.39, 0.29) is 5.41 Å². The molecule has 6 nitrogen and oxygen atoms in total. The number of amides is 1. The Kier molecular flexibility index (Phi) is 6.03. The zero-order valence-corrected chi connectivity index (χ0v) is 16.8. The topological polar surface area (TPSA) is 61.6 Å². The van der Waals surface area contributed by atoms with Gasteiger partial charge in [0.15, 0.2) is 0 Å². The molecule has 2 aliphatic heterocycles. The molecular weight excluding hydrogens is 328 g/mol. The maximum absolute atomic E-state index is 12.8. The van der Waals surface area contributed by atoms with Crippen molar-refractivity contribution >= 4 is 5.91 Å². The molecule has 2 saturated heterocycles. The van der Waals surface area contributed by atoms with Crippen molar-refractivity contribution in [3.8, 4) is 0 Å². The number of nitrogens with zero attached hydrogens (tertiary/aromatic N) is 3. The number of aromatic nitrogens is 1. The summed E-state index contributed by atoms with van der Waals surface area (Å²) in [7, 11) is 2.12. The number of hydrogen-bond acceptors (Lipinski definition) is 5. The van der Waals surface area contributed by atoms with Gasteiger partial charge >= 0.3 is 0 Å². The van der Waals surface area contributed by atoms with Crippen molar-refractivity contribution in [2.24, 2.45) is 11.8 Å². The summed E-state index contributed by atoms with van der Waals surface area (Å²) in [5, 5.41) is 7.78. The van der Waals surface area contributed by atoms with Crippen LogP contribution in [0.1, 0.15) is 45.1 Å². The lowest BCUT2D eigenvalue weighted by Gasteiger charge is -2.36. The highest BCUT2D eigenvalue weighted by molar-refractivity contribution is 5.76. The molecule has 26 heavy (non-hydrogen) atoms. The molecule has 0 aliphatic carbocycles. The number of carbonyl (C=O) groups is 1. The molecule has 1 amide bonds. The second-order valence-electron chi connectivity index (χ2n) is 9.04. The highest BCUT2D eigenvalue weighted by Crippen LogP contribution is 2.29. The molecule has 146 valence electrons. The van der Waals surface area contributed by atoms with E-state index in [1.165, 1.54) is 0 Å². The third-order valence-electron chi connectivity index (χ3n) is 5.83. The molecule has 3 rings (SSSR count). The van der Waals surface area contributed by atoms with E-state index in [0.717, 1.165) is 63.6 Å². The Bertz CT molecular complexity index is 599. The van der Waals surface area contributed by atoms with Crippen molar-refractivity contribution in [3.63, 3.8) is 0 Å². The number of carbonyl (C=O) groups excluding carboxylic acids is 1. The van der Waals surface area contributed by atoms with E-state index in [2.05, 4.69) is 49.3 Å². The van der Waals surface area contributed by atoms with Gasteiger partial charge in [-0.05, 0) is 44.8 Å². The van der Waals surface area contributed by atoms with Crippen LogP contribution in [-0.4, -0.2) is 67.2 Å². The average molecular weight is 363 g/mol. The Morgan fingerprint density at radius 3 is 2.65 bits per heavy atom. The fourth-order valence-corrected chi connectivity index (χ4v) is 3.92. The fourth-order valence-electron chi connectivity index (χ4n) is 3.92. The highest BCUT2D eigenvalue weighted by atomic mass is 16.5. The van der Waals surface area contributed by atoms with Crippen LogP contribution in [0.3, 0.4) is 0 Å². The van der Waals surface area contributed by atoms with Crippen LogP contribution in [0.25, 0.3) is 0 Å². The summed E-state index contributed by atoms with van der Waals surface area (Å²) >= 11 is 0. The third-order valence-corrected chi connectivity index (χ3v) is 5.83. The Balaban J connectivity index is 1.59. The van der Waals surface area contributed by atoms with Crippen molar-refractivity contribution < 1.29 is 9.32 Å². The van der Waals surface area contributed by atoms with E-state index >= 15 is 0 Å². The van der Waals surface area contributed by atoms with E-state index in [1.54, 1.807) is 0 Å². The molecule has 0 radical (unpaired) electrons. The van der Waals surface area contributed by atoms with Crippen LogP contribution in [0.2, 0.25) is 0 Å². The second-order valence-corrected chi connectivity index (χ2v) is 9.04. The van der Waals surface area contributed by atoms with Crippen LogP contribution >= 0.6 is 0 Å². The Morgan fingerprint density at radius 2 is 2.00 bits per heavy atom. The maximum Gasteiger partial charge on any atom is 0.222 e. The molecule has 2 fully saturated rings. The Hall–Kier alpha value is -1.40. The van der Waals surface area contributed by atoms with Crippen LogP contribution in [0, 0.1) is 11.8 Å². The lowest BCUT2D eigenvalue weighted by atomic mass is 9.80. The van der Waals surface area contributed by atoms with Crippen molar-refractivity contribution in [1.82, 2.24) is 20.3 Å². The number of likely N-dealkylation sites (N-methyl/N-ethyl adjacent to an activating group) is 1. The van der Waals surface area contributed by atoms with Gasteiger partial charge in [0.1, 0.15) is 5.76 Å². The first-order chi connectivity index (χ1) is 12.3. The number of nitrogens with one attached hydrogen (secondary N) is 1. The van der Waals surface area contributed by atoms with Gasteiger partial charge in [0.25, 0.3) is 0 Å². The Morgan fingerprint density at radius 1 is 1.27 bits per heavy atom. The van der Waals surface area contributed by atoms with Gasteiger partial charge in [-0.1, -0.05) is 25.9 Å². The van der Waals surface area contributed by atoms with Gasteiger partial charge in [0.2, 0.25) is 5.91 Å². The number of piperidine rings is 1. The molecule has 6 heteroatoms. The van der Waals surface area contributed by atoms with Crippen LogP contribution in [0.5, 0.6) is 0 Å². The van der Waals surface area contributed by atoms with Gasteiger partial charge in [-0.15, -0.1) is 0 Å². The number of hydrogen-bond donors (Lipinski definition) is 1. The van der Waals surface area contributed by atoms with Gasteiger partial charge in [0, 0.05) is 44.1 Å². The monoisotopic (exact) mass is 362 g/mol. The minimum absolute atomic E-state index is 0.0210. The summed E-state index contributed by atoms with van der Waals surface area (Å²) in [5.74, 6) is 2.13. The van der Waals surface area contributed by atoms with E-state index in [9.17, 15) is 4.79 Å². The van der Waals surface area contributed by atoms with Crippen LogP contribution in [-0.2, 0) is 16.6 Å². The molecule has 1 aromatic rings. The summed E-state index contributed by atoms with van der Waals surface area (Å²) < 4.78 is 5.54. The second kappa shape index (κ2) is 8.09. The molecule has 1 N–H and O–H groups in total. The van der Waals surface area contributed by atoms with E-state index < -0.39 is 0 Å². The first kappa shape index (κ1) is 19.4. The highest BCUT2D eigenvalue weighted by Gasteiger charge is 2.31. The maximum atomic E-state index is 12.8. The zero-order chi connectivity index (χ0) is 18.7. The molecule has 2 atom stereocenters. The average Bonchev–Trinajstić information content (AvgIpc) is 3.06. The number of piperazine rings is 1. The molecule has 2 unspecified atom stereocenters. The summed E-state index contributed by atoms with van der Waals surface area (Å²) in [6.07, 6.45) is 2.61. The van der Waals surface area contributed by atoms with Crippen LogP contribution < -0.4 is 5.32 Å². The van der Waals surface area contributed by atoms with Gasteiger partial charge in [-0.3, -0.25) is 4.79 Å². The van der Waals surface area contributed by atoms with E-state index in [4.69, 9.17) is 4.52 Å².